The van der Waals surface area contributed by atoms with Crippen LogP contribution in [-0.4, -0.2) is 55.9 Å². The zero-order chi connectivity index (χ0) is 12.2. The number of amides is 1. The predicted octanol–water partition coefficient (Wildman–Crippen LogP) is 0.415. The van der Waals surface area contributed by atoms with Crippen LogP contribution in [0.2, 0.25) is 0 Å². The maximum atomic E-state index is 11.4. The van der Waals surface area contributed by atoms with Crippen LogP contribution in [0, 0.1) is 0 Å². The number of carbonyl (C=O) groups excluding carboxylic acids is 1. The number of alkyl carbamates (subject to hydrolysis) is 1. The monoisotopic (exact) mass is 229 g/mol. The highest BCUT2D eigenvalue weighted by molar-refractivity contribution is 5.67. The molecule has 0 aliphatic carbocycles. The Morgan fingerprint density at radius 2 is 2.25 bits per heavy atom. The second kappa shape index (κ2) is 5.50. The molecule has 0 aromatic heterocycles. The Hall–Kier alpha value is -0.810. The summed E-state index contributed by atoms with van der Waals surface area (Å²) in [4.78, 5) is 13.7. The normalized spacial score (nSPS) is 22.9. The van der Waals surface area contributed by atoms with Crippen molar-refractivity contribution in [3.05, 3.63) is 0 Å². The van der Waals surface area contributed by atoms with Crippen LogP contribution in [0.25, 0.3) is 0 Å². The lowest BCUT2D eigenvalue weighted by molar-refractivity contribution is 0.0517. The lowest BCUT2D eigenvalue weighted by atomic mass is 10.2. The SMILES string of the molecule is CN1CCN[C@@H](CNC(=O)OC(C)(C)C)C1. The first-order chi connectivity index (χ1) is 7.37. The Morgan fingerprint density at radius 3 is 2.81 bits per heavy atom. The minimum absolute atomic E-state index is 0.311. The summed E-state index contributed by atoms with van der Waals surface area (Å²) in [5.74, 6) is 0. The molecule has 1 fully saturated rings. The molecule has 0 aromatic carbocycles. The Bertz CT molecular complexity index is 238. The van der Waals surface area contributed by atoms with Gasteiger partial charge in [-0.15, -0.1) is 0 Å². The van der Waals surface area contributed by atoms with Crippen molar-refractivity contribution >= 4 is 6.09 Å². The van der Waals surface area contributed by atoms with E-state index in [0.717, 1.165) is 19.6 Å². The molecule has 1 heterocycles. The zero-order valence-corrected chi connectivity index (χ0v) is 10.7. The minimum atomic E-state index is -0.430. The van der Waals surface area contributed by atoms with Crippen molar-refractivity contribution in [3.8, 4) is 0 Å². The summed E-state index contributed by atoms with van der Waals surface area (Å²) in [6, 6.07) is 0.311. The van der Waals surface area contributed by atoms with Gasteiger partial charge in [0.15, 0.2) is 0 Å². The van der Waals surface area contributed by atoms with Gasteiger partial charge in [0.1, 0.15) is 5.60 Å². The number of ether oxygens (including phenoxy) is 1. The Kier molecular flexibility index (Phi) is 4.56. The molecule has 1 aliphatic rings. The maximum Gasteiger partial charge on any atom is 0.407 e. The summed E-state index contributed by atoms with van der Waals surface area (Å²) in [6.07, 6.45) is -0.345. The Labute approximate surface area is 97.5 Å². The average Bonchev–Trinajstić information content (AvgIpc) is 2.12. The molecule has 16 heavy (non-hydrogen) atoms. The van der Waals surface area contributed by atoms with Crippen LogP contribution >= 0.6 is 0 Å². The lowest BCUT2D eigenvalue weighted by Gasteiger charge is -2.31. The number of piperazine rings is 1. The van der Waals surface area contributed by atoms with E-state index >= 15 is 0 Å². The first kappa shape index (κ1) is 13.3. The van der Waals surface area contributed by atoms with Gasteiger partial charge in [0.2, 0.25) is 0 Å². The van der Waals surface area contributed by atoms with Crippen molar-refractivity contribution in [2.24, 2.45) is 0 Å². The molecule has 0 bridgehead atoms. The molecule has 1 saturated heterocycles. The fourth-order valence-corrected chi connectivity index (χ4v) is 1.65. The third kappa shape index (κ3) is 5.32. The first-order valence-corrected chi connectivity index (χ1v) is 5.75. The summed E-state index contributed by atoms with van der Waals surface area (Å²) in [5, 5.41) is 6.13. The maximum absolute atomic E-state index is 11.4. The van der Waals surface area contributed by atoms with Crippen LogP contribution in [0.5, 0.6) is 0 Å². The number of carbonyl (C=O) groups is 1. The highest BCUT2D eigenvalue weighted by atomic mass is 16.6. The molecular weight excluding hydrogens is 206 g/mol. The van der Waals surface area contributed by atoms with Crippen molar-refractivity contribution in [3.63, 3.8) is 0 Å². The molecule has 0 unspecified atom stereocenters. The van der Waals surface area contributed by atoms with E-state index in [-0.39, 0.29) is 6.09 Å². The molecule has 0 spiro atoms. The van der Waals surface area contributed by atoms with Gasteiger partial charge in [0, 0.05) is 32.2 Å². The van der Waals surface area contributed by atoms with Crippen molar-refractivity contribution in [2.45, 2.75) is 32.4 Å². The van der Waals surface area contributed by atoms with E-state index < -0.39 is 5.60 Å². The van der Waals surface area contributed by atoms with Crippen molar-refractivity contribution in [2.75, 3.05) is 33.2 Å². The highest BCUT2D eigenvalue weighted by Crippen LogP contribution is 2.06. The van der Waals surface area contributed by atoms with Gasteiger partial charge in [-0.3, -0.25) is 0 Å². The molecule has 1 amide bonds. The van der Waals surface area contributed by atoms with E-state index in [1.54, 1.807) is 0 Å². The van der Waals surface area contributed by atoms with E-state index in [0.29, 0.717) is 12.6 Å². The molecule has 5 heteroatoms. The topological polar surface area (TPSA) is 53.6 Å². The fraction of sp³-hybridized carbons (Fsp3) is 0.909. The lowest BCUT2D eigenvalue weighted by Crippen LogP contribution is -2.54. The van der Waals surface area contributed by atoms with Gasteiger partial charge in [0.25, 0.3) is 0 Å². The molecule has 1 aliphatic heterocycles. The number of hydrogen-bond acceptors (Lipinski definition) is 4. The molecular formula is C11H23N3O2. The first-order valence-electron chi connectivity index (χ1n) is 5.75. The molecule has 94 valence electrons. The number of nitrogens with zero attached hydrogens (tertiary/aromatic N) is 1. The van der Waals surface area contributed by atoms with Crippen molar-refractivity contribution in [1.82, 2.24) is 15.5 Å². The third-order valence-electron chi connectivity index (χ3n) is 2.35. The summed E-state index contributed by atoms with van der Waals surface area (Å²) in [6.45, 7) is 9.17. The number of rotatable bonds is 2. The van der Waals surface area contributed by atoms with Gasteiger partial charge < -0.3 is 20.3 Å². The van der Waals surface area contributed by atoms with Crippen LogP contribution in [0.1, 0.15) is 20.8 Å². The highest BCUT2D eigenvalue weighted by Gasteiger charge is 2.19. The van der Waals surface area contributed by atoms with Gasteiger partial charge >= 0.3 is 6.09 Å². The predicted molar refractivity (Wildman–Crippen MR) is 63.5 cm³/mol. The van der Waals surface area contributed by atoms with Crippen LogP contribution < -0.4 is 10.6 Å². The zero-order valence-electron chi connectivity index (χ0n) is 10.7. The largest absolute Gasteiger partial charge is 0.444 e. The third-order valence-corrected chi connectivity index (χ3v) is 2.35. The number of nitrogens with one attached hydrogen (secondary N) is 2. The van der Waals surface area contributed by atoms with Crippen LogP contribution in [0.15, 0.2) is 0 Å². The summed E-state index contributed by atoms with van der Waals surface area (Å²) in [5.41, 5.74) is -0.430. The molecule has 0 radical (unpaired) electrons. The summed E-state index contributed by atoms with van der Waals surface area (Å²) >= 11 is 0. The van der Waals surface area contributed by atoms with E-state index in [9.17, 15) is 4.79 Å². The van der Waals surface area contributed by atoms with Gasteiger partial charge in [-0.05, 0) is 27.8 Å². The summed E-state index contributed by atoms with van der Waals surface area (Å²) in [7, 11) is 2.08. The Morgan fingerprint density at radius 1 is 1.56 bits per heavy atom. The van der Waals surface area contributed by atoms with E-state index in [4.69, 9.17) is 4.74 Å². The second-order valence-corrected chi connectivity index (χ2v) is 5.30. The second-order valence-electron chi connectivity index (χ2n) is 5.30. The molecule has 0 saturated carbocycles. The van der Waals surface area contributed by atoms with Crippen LogP contribution in [0.4, 0.5) is 4.79 Å². The average molecular weight is 229 g/mol. The molecule has 1 rings (SSSR count). The van der Waals surface area contributed by atoms with E-state index in [1.165, 1.54) is 0 Å². The quantitative estimate of drug-likeness (QED) is 0.720. The number of hydrogen-bond donors (Lipinski definition) is 2. The van der Waals surface area contributed by atoms with Gasteiger partial charge in [-0.1, -0.05) is 0 Å². The van der Waals surface area contributed by atoms with E-state index in [1.807, 2.05) is 20.8 Å². The Balaban J connectivity index is 2.21. The van der Waals surface area contributed by atoms with E-state index in [2.05, 4.69) is 22.6 Å². The van der Waals surface area contributed by atoms with Crippen molar-refractivity contribution < 1.29 is 9.53 Å². The molecule has 0 aromatic rings. The number of likely N-dealkylation sites (N-methyl/N-ethyl adjacent to an activating group) is 1. The van der Waals surface area contributed by atoms with Gasteiger partial charge in [-0.25, -0.2) is 4.79 Å². The smallest absolute Gasteiger partial charge is 0.407 e. The van der Waals surface area contributed by atoms with Crippen molar-refractivity contribution in [1.29, 1.82) is 0 Å². The van der Waals surface area contributed by atoms with Gasteiger partial charge in [-0.2, -0.15) is 0 Å². The fourth-order valence-electron chi connectivity index (χ4n) is 1.65. The van der Waals surface area contributed by atoms with Crippen LogP contribution in [-0.2, 0) is 4.74 Å². The standard InChI is InChI=1S/C11H23N3O2/c1-11(2,3)16-10(15)13-7-9-8-14(4)6-5-12-9/h9,12H,5-8H2,1-4H3,(H,13,15)/t9-/m0/s1. The molecule has 1 atom stereocenters. The minimum Gasteiger partial charge on any atom is -0.444 e. The van der Waals surface area contributed by atoms with Crippen LogP contribution in [0.3, 0.4) is 0 Å². The molecule has 2 N–H and O–H groups in total. The van der Waals surface area contributed by atoms with Gasteiger partial charge in [0.05, 0.1) is 0 Å². The molecule has 5 nitrogen and oxygen atoms in total. The summed E-state index contributed by atoms with van der Waals surface area (Å²) < 4.78 is 5.16.